The molecule has 0 saturated carbocycles. The molecule has 1 aliphatic rings. The van der Waals surface area contributed by atoms with Crippen molar-refractivity contribution < 1.29 is 9.18 Å². The number of carbonyl (C=O) groups is 1. The molecule has 1 heterocycles. The van der Waals surface area contributed by atoms with Gasteiger partial charge in [0.25, 0.3) is 0 Å². The molecule has 1 aromatic rings. The fraction of sp³-hybridized carbons (Fsp3) is 0.417. The van der Waals surface area contributed by atoms with E-state index in [1.54, 1.807) is 17.0 Å². The number of hydrogen-bond acceptors (Lipinski definition) is 2. The van der Waals surface area contributed by atoms with Crippen LogP contribution in [0.15, 0.2) is 18.2 Å². The van der Waals surface area contributed by atoms with Crippen molar-refractivity contribution in [2.45, 2.75) is 25.4 Å². The molecule has 2 atom stereocenters. The summed E-state index contributed by atoms with van der Waals surface area (Å²) in [7, 11) is 0. The Bertz CT molecular complexity index is 452. The number of nitrogens with zero attached hydrogens (tertiary/aromatic N) is 1. The van der Waals surface area contributed by atoms with Gasteiger partial charge in [-0.15, -0.1) is 0 Å². The number of likely N-dealkylation sites (tertiary alicyclic amines) is 1. The molecule has 2 N–H and O–H groups in total. The Kier molecular flexibility index (Phi) is 3.35. The second kappa shape index (κ2) is 4.63. The topological polar surface area (TPSA) is 46.3 Å². The number of nitrogens with two attached hydrogens (primary N) is 1. The molecular formula is C12H14ClFN2O. The van der Waals surface area contributed by atoms with Crippen molar-refractivity contribution in [3.63, 3.8) is 0 Å². The zero-order chi connectivity index (χ0) is 12.6. The summed E-state index contributed by atoms with van der Waals surface area (Å²) in [6, 6.07) is 4.00. The monoisotopic (exact) mass is 256 g/mol. The Morgan fingerprint density at radius 1 is 1.59 bits per heavy atom. The van der Waals surface area contributed by atoms with Crippen LogP contribution in [0.1, 0.15) is 24.9 Å². The summed E-state index contributed by atoms with van der Waals surface area (Å²) in [6.45, 7) is 2.37. The van der Waals surface area contributed by atoms with Crippen LogP contribution >= 0.6 is 11.6 Å². The first kappa shape index (κ1) is 12.3. The van der Waals surface area contributed by atoms with E-state index in [4.69, 9.17) is 17.3 Å². The lowest BCUT2D eigenvalue weighted by Gasteiger charge is -2.26. The van der Waals surface area contributed by atoms with Crippen molar-refractivity contribution in [1.82, 2.24) is 4.90 Å². The Hall–Kier alpha value is -1.13. The predicted molar refractivity (Wildman–Crippen MR) is 64.1 cm³/mol. The Balaban J connectivity index is 2.44. The summed E-state index contributed by atoms with van der Waals surface area (Å²) in [4.78, 5) is 13.3. The summed E-state index contributed by atoms with van der Waals surface area (Å²) in [6.07, 6.45) is 0.254. The van der Waals surface area contributed by atoms with Crippen LogP contribution < -0.4 is 5.73 Å². The molecule has 2 unspecified atom stereocenters. The van der Waals surface area contributed by atoms with E-state index in [1.807, 2.05) is 6.92 Å². The lowest BCUT2D eigenvalue weighted by molar-refractivity contribution is -0.128. The number of carbonyl (C=O) groups excluding carboxylic acids is 1. The zero-order valence-electron chi connectivity index (χ0n) is 9.49. The van der Waals surface area contributed by atoms with Crippen molar-refractivity contribution in [3.05, 3.63) is 34.6 Å². The molecule has 0 aliphatic carbocycles. The Morgan fingerprint density at radius 3 is 2.94 bits per heavy atom. The maximum absolute atomic E-state index is 13.9. The molecule has 0 aromatic heterocycles. The quantitative estimate of drug-likeness (QED) is 0.881. The molecule has 2 rings (SSSR count). The summed E-state index contributed by atoms with van der Waals surface area (Å²) in [5.41, 5.74) is 6.31. The molecule has 0 radical (unpaired) electrons. The van der Waals surface area contributed by atoms with Crippen LogP contribution in [0.4, 0.5) is 4.39 Å². The number of hydrogen-bond donors (Lipinski definition) is 1. The van der Waals surface area contributed by atoms with Crippen LogP contribution in [0.3, 0.4) is 0 Å². The summed E-state index contributed by atoms with van der Waals surface area (Å²) in [5.74, 6) is -0.521. The minimum absolute atomic E-state index is 0.0376. The molecule has 1 aromatic carbocycles. The van der Waals surface area contributed by atoms with Crippen LogP contribution in [0, 0.1) is 5.82 Å². The summed E-state index contributed by atoms with van der Waals surface area (Å²) >= 11 is 5.75. The number of rotatable bonds is 2. The highest BCUT2D eigenvalue weighted by atomic mass is 35.5. The molecule has 1 saturated heterocycles. The Morgan fingerprint density at radius 2 is 2.29 bits per heavy atom. The molecule has 0 spiro atoms. The van der Waals surface area contributed by atoms with Crippen LogP contribution in [0.25, 0.3) is 0 Å². The van der Waals surface area contributed by atoms with Crippen molar-refractivity contribution in [3.8, 4) is 0 Å². The lowest BCUT2D eigenvalue weighted by atomic mass is 10.0. The van der Waals surface area contributed by atoms with E-state index in [-0.39, 0.29) is 23.4 Å². The van der Waals surface area contributed by atoms with Crippen LogP contribution in [0.5, 0.6) is 0 Å². The van der Waals surface area contributed by atoms with E-state index in [1.165, 1.54) is 6.07 Å². The minimum atomic E-state index is -0.484. The highest BCUT2D eigenvalue weighted by Gasteiger charge is 2.39. The number of likely N-dealkylation sites (N-methyl/N-ethyl adjacent to an activating group) is 1. The third kappa shape index (κ3) is 2.03. The van der Waals surface area contributed by atoms with Gasteiger partial charge >= 0.3 is 0 Å². The van der Waals surface area contributed by atoms with Gasteiger partial charge in [0, 0.05) is 24.6 Å². The molecule has 1 amide bonds. The largest absolute Gasteiger partial charge is 0.334 e. The maximum atomic E-state index is 13.9. The van der Waals surface area contributed by atoms with Crippen LogP contribution in [0.2, 0.25) is 5.02 Å². The molecule has 1 fully saturated rings. The number of benzene rings is 1. The first-order valence-corrected chi connectivity index (χ1v) is 5.93. The van der Waals surface area contributed by atoms with Crippen molar-refractivity contribution >= 4 is 17.5 Å². The van der Waals surface area contributed by atoms with Gasteiger partial charge in [-0.1, -0.05) is 23.7 Å². The van der Waals surface area contributed by atoms with E-state index >= 15 is 0 Å². The van der Waals surface area contributed by atoms with Gasteiger partial charge in [0.05, 0.1) is 11.1 Å². The van der Waals surface area contributed by atoms with Gasteiger partial charge in [-0.25, -0.2) is 4.39 Å². The molecule has 17 heavy (non-hydrogen) atoms. The summed E-state index contributed by atoms with van der Waals surface area (Å²) in [5, 5.41) is 0.0603. The van der Waals surface area contributed by atoms with Crippen molar-refractivity contribution in [2.24, 2.45) is 5.73 Å². The van der Waals surface area contributed by atoms with E-state index in [0.29, 0.717) is 12.1 Å². The predicted octanol–water partition coefficient (Wildman–Crippen LogP) is 2.10. The van der Waals surface area contributed by atoms with Gasteiger partial charge in [0.1, 0.15) is 5.82 Å². The molecule has 3 nitrogen and oxygen atoms in total. The van der Waals surface area contributed by atoms with Crippen LogP contribution in [-0.2, 0) is 4.79 Å². The molecule has 0 bridgehead atoms. The van der Waals surface area contributed by atoms with Crippen molar-refractivity contribution in [1.29, 1.82) is 0 Å². The van der Waals surface area contributed by atoms with Crippen molar-refractivity contribution in [2.75, 3.05) is 6.54 Å². The van der Waals surface area contributed by atoms with Gasteiger partial charge in [-0.05, 0) is 13.0 Å². The second-order valence-electron chi connectivity index (χ2n) is 4.14. The molecule has 1 aliphatic heterocycles. The highest BCUT2D eigenvalue weighted by molar-refractivity contribution is 6.30. The molecular weight excluding hydrogens is 243 g/mol. The highest BCUT2D eigenvalue weighted by Crippen LogP contribution is 2.34. The first-order valence-electron chi connectivity index (χ1n) is 5.55. The number of amides is 1. The van der Waals surface area contributed by atoms with Gasteiger partial charge in [-0.2, -0.15) is 0 Å². The smallest absolute Gasteiger partial charge is 0.224 e. The number of halogens is 2. The van der Waals surface area contributed by atoms with E-state index in [2.05, 4.69) is 0 Å². The van der Waals surface area contributed by atoms with Gasteiger partial charge in [-0.3, -0.25) is 4.79 Å². The third-order valence-corrected chi connectivity index (χ3v) is 3.40. The normalized spacial score (nSPS) is 24.5. The first-order chi connectivity index (χ1) is 8.06. The fourth-order valence-corrected chi connectivity index (χ4v) is 2.52. The van der Waals surface area contributed by atoms with Gasteiger partial charge in [0.15, 0.2) is 0 Å². The SMILES string of the molecule is CCN1C(=O)CC(N)C1c1cccc(Cl)c1F. The van der Waals surface area contributed by atoms with Crippen LogP contribution in [-0.4, -0.2) is 23.4 Å². The van der Waals surface area contributed by atoms with E-state index in [9.17, 15) is 9.18 Å². The Labute approximate surface area is 104 Å². The maximum Gasteiger partial charge on any atom is 0.224 e. The molecule has 5 heteroatoms. The van der Waals surface area contributed by atoms with E-state index in [0.717, 1.165) is 0 Å². The standard InChI is InChI=1S/C12H14ClFN2O/c1-2-16-10(17)6-9(15)12(16)7-4-3-5-8(13)11(7)14/h3-5,9,12H,2,6,15H2,1H3. The fourth-order valence-electron chi connectivity index (χ4n) is 2.34. The average molecular weight is 257 g/mol. The minimum Gasteiger partial charge on any atom is -0.334 e. The molecule has 92 valence electrons. The third-order valence-electron chi connectivity index (χ3n) is 3.11. The van der Waals surface area contributed by atoms with Gasteiger partial charge < -0.3 is 10.6 Å². The summed E-state index contributed by atoms with van der Waals surface area (Å²) < 4.78 is 13.9. The second-order valence-corrected chi connectivity index (χ2v) is 4.54. The zero-order valence-corrected chi connectivity index (χ0v) is 10.2. The van der Waals surface area contributed by atoms with Gasteiger partial charge in [0.2, 0.25) is 5.91 Å². The van der Waals surface area contributed by atoms with E-state index < -0.39 is 11.9 Å². The average Bonchev–Trinajstić information content (AvgIpc) is 2.57. The lowest BCUT2D eigenvalue weighted by Crippen LogP contribution is -2.33.